The van der Waals surface area contributed by atoms with Gasteiger partial charge in [0.05, 0.1) is 18.3 Å². The van der Waals surface area contributed by atoms with Crippen molar-refractivity contribution in [3.8, 4) is 0 Å². The maximum absolute atomic E-state index is 11.5. The summed E-state index contributed by atoms with van der Waals surface area (Å²) in [7, 11) is 0. The number of aryl methyl sites for hydroxylation is 2. The predicted molar refractivity (Wildman–Crippen MR) is 105 cm³/mol. The number of ether oxygens (including phenoxy) is 1. The van der Waals surface area contributed by atoms with Crippen molar-refractivity contribution >= 4 is 23.4 Å². The molecule has 1 aliphatic carbocycles. The largest absolute Gasteiger partial charge is 0.450 e. The second-order valence-corrected chi connectivity index (χ2v) is 6.89. The minimum Gasteiger partial charge on any atom is -0.450 e. The van der Waals surface area contributed by atoms with Crippen molar-refractivity contribution in [2.75, 3.05) is 23.0 Å². The number of hydrogen-bond acceptors (Lipinski definition) is 5. The minimum absolute atomic E-state index is 0.205. The number of carbonyl (C=O) groups excluding carboxylic acids is 1. The Labute approximate surface area is 154 Å². The maximum Gasteiger partial charge on any atom is 0.411 e. The molecule has 2 unspecified atom stereocenters. The Bertz CT molecular complexity index is 835. The quantitative estimate of drug-likeness (QED) is 0.752. The van der Waals surface area contributed by atoms with E-state index in [0.717, 1.165) is 6.42 Å². The second-order valence-electron chi connectivity index (χ2n) is 6.89. The van der Waals surface area contributed by atoms with Gasteiger partial charge in [0.2, 0.25) is 0 Å². The van der Waals surface area contributed by atoms with Gasteiger partial charge in [-0.1, -0.05) is 24.6 Å². The van der Waals surface area contributed by atoms with Gasteiger partial charge in [0.25, 0.3) is 0 Å². The van der Waals surface area contributed by atoms with Crippen LogP contribution in [-0.4, -0.2) is 17.7 Å². The molecule has 0 saturated carbocycles. The van der Waals surface area contributed by atoms with Crippen LogP contribution in [0.2, 0.25) is 0 Å². The fourth-order valence-corrected chi connectivity index (χ4v) is 3.74. The average Bonchev–Trinajstić information content (AvgIpc) is 2.86. The topological polar surface area (TPSA) is 89.3 Å². The highest BCUT2D eigenvalue weighted by molar-refractivity contribution is 5.88. The summed E-state index contributed by atoms with van der Waals surface area (Å²) in [6.45, 7) is 8.60. The van der Waals surface area contributed by atoms with Gasteiger partial charge in [-0.05, 0) is 61.9 Å². The van der Waals surface area contributed by atoms with Crippen LogP contribution in [0.15, 0.2) is 24.3 Å². The van der Waals surface area contributed by atoms with Crippen molar-refractivity contribution in [2.24, 2.45) is 0 Å². The lowest BCUT2D eigenvalue weighted by atomic mass is 9.97. The number of nitrogens with zero attached hydrogens (tertiary/aromatic N) is 1. The van der Waals surface area contributed by atoms with Crippen LogP contribution in [0.3, 0.4) is 0 Å². The summed E-state index contributed by atoms with van der Waals surface area (Å²) in [5.41, 5.74) is 11.8. The molecule has 6 nitrogen and oxygen atoms in total. The lowest BCUT2D eigenvalue weighted by Gasteiger charge is -2.18. The van der Waals surface area contributed by atoms with Gasteiger partial charge >= 0.3 is 6.09 Å². The number of fused-ring (bicyclic) bond motifs is 1. The molecule has 1 amide bonds. The number of pyridine rings is 1. The fourth-order valence-electron chi connectivity index (χ4n) is 3.74. The van der Waals surface area contributed by atoms with Crippen molar-refractivity contribution < 1.29 is 9.53 Å². The normalized spacial score (nSPS) is 18.3. The zero-order valence-electron chi connectivity index (χ0n) is 15.7. The highest BCUT2D eigenvalue weighted by Gasteiger charge is 2.30. The third-order valence-corrected chi connectivity index (χ3v) is 4.79. The van der Waals surface area contributed by atoms with E-state index >= 15 is 0 Å². The lowest BCUT2D eigenvalue weighted by molar-refractivity contribution is 0.168. The first-order valence-electron chi connectivity index (χ1n) is 8.97. The molecule has 138 valence electrons. The summed E-state index contributed by atoms with van der Waals surface area (Å²) in [5.74, 6) is 1.46. The van der Waals surface area contributed by atoms with Crippen LogP contribution in [0, 0.1) is 13.8 Å². The summed E-state index contributed by atoms with van der Waals surface area (Å²) in [5, 5.41) is 6.09. The molecule has 3 rings (SSSR count). The molecule has 0 aliphatic heterocycles. The number of aromatic nitrogens is 1. The van der Waals surface area contributed by atoms with Crippen molar-refractivity contribution in [1.82, 2.24) is 4.98 Å². The number of nitrogens with one attached hydrogen (secondary N) is 2. The zero-order valence-corrected chi connectivity index (χ0v) is 15.7. The van der Waals surface area contributed by atoms with E-state index in [0.29, 0.717) is 24.0 Å². The second kappa shape index (κ2) is 7.23. The summed E-state index contributed by atoms with van der Waals surface area (Å²) in [6, 6.07) is 8.27. The Morgan fingerprint density at radius 2 is 2.12 bits per heavy atom. The molecule has 2 aromatic rings. The standard InChI is InChI=1S/C20H26N4O2/c1-5-26-20(25)23-15-6-7-17(24-19(15)21)22-16-10-12(3)14-9-11(2)8-13(4)18(14)16/h6-9,12,16H,5,10H2,1-4H3,(H,23,25)(H3,21,22,24). The molecule has 2 atom stereocenters. The molecule has 26 heavy (non-hydrogen) atoms. The van der Waals surface area contributed by atoms with Gasteiger partial charge in [0, 0.05) is 0 Å². The van der Waals surface area contributed by atoms with E-state index in [1.165, 1.54) is 22.3 Å². The first-order chi connectivity index (χ1) is 12.4. The first kappa shape index (κ1) is 18.0. The van der Waals surface area contributed by atoms with E-state index in [4.69, 9.17) is 10.5 Å². The molecule has 0 fully saturated rings. The van der Waals surface area contributed by atoms with Crippen LogP contribution < -0.4 is 16.4 Å². The fraction of sp³-hybridized carbons (Fsp3) is 0.400. The number of benzene rings is 1. The maximum atomic E-state index is 11.5. The third kappa shape index (κ3) is 3.59. The van der Waals surface area contributed by atoms with Gasteiger partial charge in [-0.2, -0.15) is 0 Å². The third-order valence-electron chi connectivity index (χ3n) is 4.79. The molecule has 1 aromatic carbocycles. The molecule has 1 aromatic heterocycles. The number of amides is 1. The number of nitrogens with two attached hydrogens (primary N) is 1. The molecule has 1 aliphatic rings. The summed E-state index contributed by atoms with van der Waals surface area (Å²) < 4.78 is 4.86. The molecule has 6 heteroatoms. The van der Waals surface area contributed by atoms with Crippen LogP contribution in [0.5, 0.6) is 0 Å². The van der Waals surface area contributed by atoms with Crippen LogP contribution in [0.4, 0.5) is 22.1 Å². The van der Waals surface area contributed by atoms with Crippen LogP contribution in [0.1, 0.15) is 54.5 Å². The SMILES string of the molecule is CCOC(=O)Nc1ccc(NC2CC(C)c3cc(C)cc(C)c32)nc1N. The molecule has 0 spiro atoms. The Balaban J connectivity index is 1.79. The number of rotatable bonds is 4. The van der Waals surface area contributed by atoms with Gasteiger partial charge in [-0.25, -0.2) is 9.78 Å². The van der Waals surface area contributed by atoms with Gasteiger partial charge in [-0.15, -0.1) is 0 Å². The van der Waals surface area contributed by atoms with Gasteiger partial charge in [0.15, 0.2) is 0 Å². The lowest BCUT2D eigenvalue weighted by Crippen LogP contribution is -2.16. The van der Waals surface area contributed by atoms with Crippen LogP contribution in [-0.2, 0) is 4.74 Å². The van der Waals surface area contributed by atoms with Crippen LogP contribution >= 0.6 is 0 Å². The molecule has 0 saturated heterocycles. The molecule has 0 bridgehead atoms. The van der Waals surface area contributed by atoms with E-state index in [1.807, 2.05) is 6.07 Å². The van der Waals surface area contributed by atoms with Crippen molar-refractivity contribution in [2.45, 2.75) is 46.1 Å². The van der Waals surface area contributed by atoms with Gasteiger partial charge in [0.1, 0.15) is 11.6 Å². The van der Waals surface area contributed by atoms with Gasteiger partial charge in [-0.3, -0.25) is 5.32 Å². The van der Waals surface area contributed by atoms with Crippen molar-refractivity contribution in [3.63, 3.8) is 0 Å². The molecular formula is C20H26N4O2. The summed E-state index contributed by atoms with van der Waals surface area (Å²) in [4.78, 5) is 15.9. The monoisotopic (exact) mass is 354 g/mol. The Kier molecular flexibility index (Phi) is 5.02. The zero-order chi connectivity index (χ0) is 18.8. The Morgan fingerprint density at radius 3 is 2.81 bits per heavy atom. The Hall–Kier alpha value is -2.76. The van der Waals surface area contributed by atoms with Crippen molar-refractivity contribution in [3.05, 3.63) is 46.5 Å². The highest BCUT2D eigenvalue weighted by atomic mass is 16.5. The van der Waals surface area contributed by atoms with E-state index in [9.17, 15) is 4.79 Å². The summed E-state index contributed by atoms with van der Waals surface area (Å²) in [6.07, 6.45) is 0.482. The number of nitrogen functional groups attached to an aromatic ring is 1. The van der Waals surface area contributed by atoms with Gasteiger partial charge < -0.3 is 15.8 Å². The molecule has 1 heterocycles. The molecule has 0 radical (unpaired) electrons. The minimum atomic E-state index is -0.536. The van der Waals surface area contributed by atoms with E-state index in [1.54, 1.807) is 13.0 Å². The summed E-state index contributed by atoms with van der Waals surface area (Å²) >= 11 is 0. The molecular weight excluding hydrogens is 328 g/mol. The predicted octanol–water partition coefficient (Wildman–Crippen LogP) is 4.51. The first-order valence-corrected chi connectivity index (χ1v) is 8.97. The highest BCUT2D eigenvalue weighted by Crippen LogP contribution is 2.43. The smallest absolute Gasteiger partial charge is 0.411 e. The average molecular weight is 354 g/mol. The number of hydrogen-bond donors (Lipinski definition) is 3. The van der Waals surface area contributed by atoms with E-state index in [2.05, 4.69) is 48.5 Å². The van der Waals surface area contributed by atoms with E-state index in [-0.39, 0.29) is 11.9 Å². The van der Waals surface area contributed by atoms with Crippen LogP contribution in [0.25, 0.3) is 0 Å². The number of anilines is 3. The van der Waals surface area contributed by atoms with Crippen molar-refractivity contribution in [1.29, 1.82) is 0 Å². The molecule has 4 N–H and O–H groups in total. The Morgan fingerprint density at radius 1 is 1.35 bits per heavy atom. The number of carbonyl (C=O) groups is 1. The van der Waals surface area contributed by atoms with E-state index < -0.39 is 6.09 Å².